The van der Waals surface area contributed by atoms with E-state index in [2.05, 4.69) is 20.6 Å². The van der Waals surface area contributed by atoms with E-state index in [0.29, 0.717) is 6.61 Å². The van der Waals surface area contributed by atoms with Crippen LogP contribution in [0.1, 0.15) is 13.3 Å². The fourth-order valence-electron chi connectivity index (χ4n) is 2.64. The van der Waals surface area contributed by atoms with Gasteiger partial charge in [0.2, 0.25) is 5.91 Å². The molecular weight excluding hydrogens is 318 g/mol. The number of rotatable bonds is 7. The number of hydrogen-bond donors (Lipinski definition) is 2. The number of ether oxygens (including phenoxy) is 1. The van der Waals surface area contributed by atoms with Gasteiger partial charge in [0.1, 0.15) is 0 Å². The first-order valence-corrected chi connectivity index (χ1v) is 8.12. The second-order valence-electron chi connectivity index (χ2n) is 5.65. The number of amides is 1. The fraction of sp³-hybridized carbons (Fsp3) is 0.278. The Morgan fingerprint density at radius 1 is 1.32 bits per heavy atom. The van der Waals surface area contributed by atoms with Gasteiger partial charge in [-0.3, -0.25) is 9.20 Å². The molecule has 0 aliphatic carbocycles. The minimum Gasteiger partial charge on any atom is -0.385 e. The van der Waals surface area contributed by atoms with Gasteiger partial charge < -0.3 is 15.4 Å². The maximum absolute atomic E-state index is 11.3. The lowest BCUT2D eigenvalue weighted by molar-refractivity contribution is -0.114. The van der Waals surface area contributed by atoms with Crippen molar-refractivity contribution < 1.29 is 9.53 Å². The molecule has 130 valence electrons. The van der Waals surface area contributed by atoms with E-state index in [1.807, 2.05) is 41.1 Å². The zero-order valence-electron chi connectivity index (χ0n) is 14.3. The van der Waals surface area contributed by atoms with Gasteiger partial charge in [-0.2, -0.15) is 0 Å². The maximum atomic E-state index is 11.3. The molecule has 2 heterocycles. The Morgan fingerprint density at radius 2 is 2.20 bits per heavy atom. The number of imidazole rings is 1. The molecule has 0 aliphatic rings. The Hall–Kier alpha value is -2.93. The van der Waals surface area contributed by atoms with Gasteiger partial charge in [-0.15, -0.1) is 0 Å². The van der Waals surface area contributed by atoms with Gasteiger partial charge in [-0.05, 0) is 18.6 Å². The van der Waals surface area contributed by atoms with Crippen molar-refractivity contribution in [2.24, 2.45) is 0 Å². The molecule has 7 heteroatoms. The molecule has 3 aromatic rings. The van der Waals surface area contributed by atoms with E-state index in [0.717, 1.165) is 41.4 Å². The van der Waals surface area contributed by atoms with Crippen LogP contribution in [0.15, 0.2) is 42.9 Å². The molecule has 25 heavy (non-hydrogen) atoms. The van der Waals surface area contributed by atoms with Gasteiger partial charge in [0, 0.05) is 50.8 Å². The molecule has 0 atom stereocenters. The van der Waals surface area contributed by atoms with Crippen molar-refractivity contribution in [3.8, 4) is 11.3 Å². The third-order valence-electron chi connectivity index (χ3n) is 3.72. The number of nitrogens with zero attached hydrogens (tertiary/aromatic N) is 3. The molecule has 0 radical (unpaired) electrons. The molecule has 1 aromatic carbocycles. The van der Waals surface area contributed by atoms with Crippen LogP contribution in [0.3, 0.4) is 0 Å². The molecule has 3 rings (SSSR count). The number of anilines is 2. The van der Waals surface area contributed by atoms with Crippen LogP contribution in [0.2, 0.25) is 0 Å². The van der Waals surface area contributed by atoms with Gasteiger partial charge >= 0.3 is 0 Å². The van der Waals surface area contributed by atoms with Gasteiger partial charge in [-0.25, -0.2) is 9.97 Å². The van der Waals surface area contributed by atoms with E-state index >= 15 is 0 Å². The number of carbonyl (C=O) groups excluding carboxylic acids is 1. The van der Waals surface area contributed by atoms with Crippen molar-refractivity contribution in [1.29, 1.82) is 0 Å². The summed E-state index contributed by atoms with van der Waals surface area (Å²) in [6.07, 6.45) is 6.33. The Kier molecular flexibility index (Phi) is 5.25. The largest absolute Gasteiger partial charge is 0.385 e. The van der Waals surface area contributed by atoms with E-state index in [9.17, 15) is 4.79 Å². The SMILES string of the molecule is COCCCNc1nccn2c(-c3cccc(NC(C)=O)c3)cnc12. The van der Waals surface area contributed by atoms with Crippen LogP contribution in [0, 0.1) is 0 Å². The highest BCUT2D eigenvalue weighted by Crippen LogP contribution is 2.25. The Morgan fingerprint density at radius 3 is 3.00 bits per heavy atom. The molecule has 2 aromatic heterocycles. The number of carbonyl (C=O) groups is 1. The fourth-order valence-corrected chi connectivity index (χ4v) is 2.64. The summed E-state index contributed by atoms with van der Waals surface area (Å²) in [5.74, 6) is 0.643. The van der Waals surface area contributed by atoms with E-state index in [-0.39, 0.29) is 5.91 Å². The molecular formula is C18H21N5O2. The smallest absolute Gasteiger partial charge is 0.221 e. The first-order chi connectivity index (χ1) is 12.2. The monoisotopic (exact) mass is 339 g/mol. The molecule has 0 bridgehead atoms. The van der Waals surface area contributed by atoms with E-state index in [1.165, 1.54) is 6.92 Å². The summed E-state index contributed by atoms with van der Waals surface area (Å²) in [4.78, 5) is 20.1. The molecule has 0 saturated heterocycles. The third-order valence-corrected chi connectivity index (χ3v) is 3.72. The summed E-state index contributed by atoms with van der Waals surface area (Å²) in [7, 11) is 1.69. The molecule has 0 aliphatic heterocycles. The number of benzene rings is 1. The maximum Gasteiger partial charge on any atom is 0.221 e. The average Bonchev–Trinajstić information content (AvgIpc) is 3.03. The van der Waals surface area contributed by atoms with Gasteiger partial charge in [0.25, 0.3) is 0 Å². The average molecular weight is 339 g/mol. The summed E-state index contributed by atoms with van der Waals surface area (Å²) in [5.41, 5.74) is 3.42. The van der Waals surface area contributed by atoms with Gasteiger partial charge in [-0.1, -0.05) is 12.1 Å². The van der Waals surface area contributed by atoms with Crippen molar-refractivity contribution >= 4 is 23.1 Å². The molecule has 2 N–H and O–H groups in total. The van der Waals surface area contributed by atoms with Crippen molar-refractivity contribution in [1.82, 2.24) is 14.4 Å². The summed E-state index contributed by atoms with van der Waals surface area (Å²) in [5, 5.41) is 6.09. The Labute approximate surface area is 146 Å². The van der Waals surface area contributed by atoms with E-state index in [1.54, 1.807) is 13.3 Å². The van der Waals surface area contributed by atoms with Crippen molar-refractivity contribution in [3.05, 3.63) is 42.9 Å². The van der Waals surface area contributed by atoms with E-state index < -0.39 is 0 Å². The lowest BCUT2D eigenvalue weighted by Crippen LogP contribution is -2.07. The topological polar surface area (TPSA) is 80.5 Å². The summed E-state index contributed by atoms with van der Waals surface area (Å²) in [6.45, 7) is 2.96. The summed E-state index contributed by atoms with van der Waals surface area (Å²) >= 11 is 0. The quantitative estimate of drug-likeness (QED) is 0.647. The summed E-state index contributed by atoms with van der Waals surface area (Å²) in [6, 6.07) is 7.68. The molecule has 0 unspecified atom stereocenters. The molecule has 0 spiro atoms. The molecule has 0 fully saturated rings. The van der Waals surface area contributed by atoms with Crippen molar-refractivity contribution in [3.63, 3.8) is 0 Å². The van der Waals surface area contributed by atoms with Gasteiger partial charge in [0.15, 0.2) is 11.5 Å². The first kappa shape index (κ1) is 16.9. The van der Waals surface area contributed by atoms with E-state index in [4.69, 9.17) is 4.74 Å². The van der Waals surface area contributed by atoms with Crippen LogP contribution in [-0.4, -0.2) is 40.5 Å². The number of fused-ring (bicyclic) bond motifs is 1. The zero-order valence-corrected chi connectivity index (χ0v) is 14.3. The van der Waals surface area contributed by atoms with Crippen LogP contribution in [0.4, 0.5) is 11.5 Å². The standard InChI is InChI=1S/C18H21N5O2/c1-13(24)22-15-6-3-5-14(11-15)16-12-21-18-17(19-7-4-10-25-2)20-8-9-23(16)18/h3,5-6,8-9,11-12H,4,7,10H2,1-2H3,(H,19,20)(H,22,24). The Balaban J connectivity index is 1.89. The first-order valence-electron chi connectivity index (χ1n) is 8.12. The highest BCUT2D eigenvalue weighted by molar-refractivity contribution is 5.89. The summed E-state index contributed by atoms with van der Waals surface area (Å²) < 4.78 is 7.04. The predicted octanol–water partition coefficient (Wildman–Crippen LogP) is 2.80. The third kappa shape index (κ3) is 3.95. The second-order valence-corrected chi connectivity index (χ2v) is 5.65. The lowest BCUT2D eigenvalue weighted by Gasteiger charge is -2.08. The van der Waals surface area contributed by atoms with Crippen LogP contribution in [0.25, 0.3) is 16.9 Å². The molecule has 1 amide bonds. The highest BCUT2D eigenvalue weighted by atomic mass is 16.5. The van der Waals surface area contributed by atoms with Crippen molar-refractivity contribution in [2.45, 2.75) is 13.3 Å². The Bertz CT molecular complexity index is 875. The zero-order chi connectivity index (χ0) is 17.6. The van der Waals surface area contributed by atoms with Crippen molar-refractivity contribution in [2.75, 3.05) is 30.9 Å². The van der Waals surface area contributed by atoms with Crippen LogP contribution in [-0.2, 0) is 9.53 Å². The second kappa shape index (κ2) is 7.76. The number of hydrogen-bond acceptors (Lipinski definition) is 5. The number of nitrogens with one attached hydrogen (secondary N) is 2. The molecule has 0 saturated carbocycles. The lowest BCUT2D eigenvalue weighted by atomic mass is 10.1. The van der Waals surface area contributed by atoms with Gasteiger partial charge in [0.05, 0.1) is 11.9 Å². The number of methoxy groups -OCH3 is 1. The molecule has 7 nitrogen and oxygen atoms in total. The predicted molar refractivity (Wildman–Crippen MR) is 97.7 cm³/mol. The number of aromatic nitrogens is 3. The van der Waals surface area contributed by atoms with Crippen LogP contribution >= 0.6 is 0 Å². The highest BCUT2D eigenvalue weighted by Gasteiger charge is 2.10. The van der Waals surface area contributed by atoms with Crippen LogP contribution in [0.5, 0.6) is 0 Å². The minimum absolute atomic E-state index is 0.0953. The minimum atomic E-state index is -0.0953. The normalized spacial score (nSPS) is 10.8. The van der Waals surface area contributed by atoms with Crippen LogP contribution < -0.4 is 10.6 Å².